The SMILES string of the molecule is COc1cc(F)ccc1-c1cc(Nc2cc(CSC)cc(Cl)n2)ncc1F. The highest BCUT2D eigenvalue weighted by Crippen LogP contribution is 2.33. The second-order valence-corrected chi connectivity index (χ2v) is 6.89. The Kier molecular flexibility index (Phi) is 6.13. The van der Waals surface area contributed by atoms with Gasteiger partial charge in [0.1, 0.15) is 34.2 Å². The lowest BCUT2D eigenvalue weighted by Crippen LogP contribution is -2.00. The average Bonchev–Trinajstić information content (AvgIpc) is 2.63. The number of halogens is 3. The third-order valence-corrected chi connectivity index (χ3v) is 4.55. The second-order valence-electron chi connectivity index (χ2n) is 5.64. The van der Waals surface area contributed by atoms with E-state index in [1.807, 2.05) is 12.3 Å². The maximum absolute atomic E-state index is 14.4. The van der Waals surface area contributed by atoms with E-state index in [4.69, 9.17) is 16.3 Å². The molecule has 3 rings (SSSR count). The molecule has 0 saturated carbocycles. The summed E-state index contributed by atoms with van der Waals surface area (Å²) in [6.07, 6.45) is 3.08. The monoisotopic (exact) mass is 407 g/mol. The zero-order valence-electron chi connectivity index (χ0n) is 14.6. The molecule has 0 atom stereocenters. The maximum Gasteiger partial charge on any atom is 0.149 e. The second kappa shape index (κ2) is 8.54. The van der Waals surface area contributed by atoms with E-state index < -0.39 is 11.6 Å². The molecular weight excluding hydrogens is 392 g/mol. The van der Waals surface area contributed by atoms with Gasteiger partial charge in [0.05, 0.1) is 13.3 Å². The predicted octanol–water partition coefficient (Wildman–Crippen LogP) is 5.69. The summed E-state index contributed by atoms with van der Waals surface area (Å²) in [4.78, 5) is 8.27. The van der Waals surface area contributed by atoms with E-state index in [1.54, 1.807) is 17.8 Å². The summed E-state index contributed by atoms with van der Waals surface area (Å²) in [5.41, 5.74) is 1.66. The zero-order valence-corrected chi connectivity index (χ0v) is 16.2. The van der Waals surface area contributed by atoms with Gasteiger partial charge in [0.25, 0.3) is 0 Å². The first-order valence-corrected chi connectivity index (χ1v) is 9.69. The highest BCUT2D eigenvalue weighted by Gasteiger charge is 2.14. The molecule has 0 aliphatic rings. The van der Waals surface area contributed by atoms with Gasteiger partial charge in [0.2, 0.25) is 0 Å². The summed E-state index contributed by atoms with van der Waals surface area (Å²) in [5.74, 6) is 0.881. The molecule has 0 aliphatic carbocycles. The zero-order chi connectivity index (χ0) is 19.4. The number of benzene rings is 1. The Labute approximate surface area is 165 Å². The van der Waals surface area contributed by atoms with Gasteiger partial charge in [0.15, 0.2) is 0 Å². The molecule has 0 saturated heterocycles. The number of nitrogens with zero attached hydrogens (tertiary/aromatic N) is 2. The molecule has 4 nitrogen and oxygen atoms in total. The van der Waals surface area contributed by atoms with Gasteiger partial charge in [-0.05, 0) is 42.2 Å². The van der Waals surface area contributed by atoms with Crippen molar-refractivity contribution in [2.24, 2.45) is 0 Å². The summed E-state index contributed by atoms with van der Waals surface area (Å²) in [6, 6.07) is 9.07. The molecule has 2 aromatic heterocycles. The van der Waals surface area contributed by atoms with Crippen molar-refractivity contribution in [1.29, 1.82) is 0 Å². The lowest BCUT2D eigenvalue weighted by atomic mass is 10.0. The van der Waals surface area contributed by atoms with Gasteiger partial charge in [-0.1, -0.05) is 11.6 Å². The minimum Gasteiger partial charge on any atom is -0.496 e. The van der Waals surface area contributed by atoms with Crippen LogP contribution < -0.4 is 10.1 Å². The standard InChI is InChI=1S/C19H16ClF2N3OS/c1-26-16-7-12(21)3-4-13(16)14-8-18(23-9-15(14)22)25-19-6-11(10-27-2)5-17(20)24-19/h3-9H,10H2,1-2H3,(H,23,24,25). The molecule has 27 heavy (non-hydrogen) atoms. The van der Waals surface area contributed by atoms with Crippen molar-refractivity contribution in [3.63, 3.8) is 0 Å². The molecule has 2 heterocycles. The molecule has 1 aromatic carbocycles. The van der Waals surface area contributed by atoms with E-state index in [-0.39, 0.29) is 11.3 Å². The van der Waals surface area contributed by atoms with Crippen LogP contribution in [0.25, 0.3) is 11.1 Å². The van der Waals surface area contributed by atoms with Gasteiger partial charge in [-0.3, -0.25) is 0 Å². The van der Waals surface area contributed by atoms with Crippen molar-refractivity contribution < 1.29 is 13.5 Å². The summed E-state index contributed by atoms with van der Waals surface area (Å²) < 4.78 is 33.0. The molecule has 0 radical (unpaired) electrons. The lowest BCUT2D eigenvalue weighted by molar-refractivity contribution is 0.412. The first kappa shape index (κ1) is 19.4. The highest BCUT2D eigenvalue weighted by molar-refractivity contribution is 7.97. The van der Waals surface area contributed by atoms with Crippen LogP contribution in [0, 0.1) is 11.6 Å². The number of aromatic nitrogens is 2. The van der Waals surface area contributed by atoms with Gasteiger partial charge in [-0.25, -0.2) is 18.7 Å². The average molecular weight is 408 g/mol. The summed E-state index contributed by atoms with van der Waals surface area (Å²) in [5, 5.41) is 3.39. The van der Waals surface area contributed by atoms with Gasteiger partial charge in [-0.15, -0.1) is 0 Å². The van der Waals surface area contributed by atoms with Gasteiger partial charge in [0, 0.05) is 22.9 Å². The summed E-state index contributed by atoms with van der Waals surface area (Å²) >= 11 is 7.73. The molecule has 0 spiro atoms. The topological polar surface area (TPSA) is 47.0 Å². The van der Waals surface area contributed by atoms with Crippen LogP contribution in [0.2, 0.25) is 5.15 Å². The van der Waals surface area contributed by atoms with Crippen LogP contribution >= 0.6 is 23.4 Å². The van der Waals surface area contributed by atoms with E-state index in [0.717, 1.165) is 17.5 Å². The third-order valence-electron chi connectivity index (χ3n) is 3.73. The van der Waals surface area contributed by atoms with E-state index in [1.165, 1.54) is 31.4 Å². The van der Waals surface area contributed by atoms with Crippen LogP contribution in [-0.4, -0.2) is 23.3 Å². The quantitative estimate of drug-likeness (QED) is 0.532. The fourth-order valence-corrected chi connectivity index (χ4v) is 3.33. The molecular formula is C19H16ClF2N3OS. The Morgan fingerprint density at radius 1 is 1.11 bits per heavy atom. The van der Waals surface area contributed by atoms with Crippen LogP contribution in [0.1, 0.15) is 5.56 Å². The van der Waals surface area contributed by atoms with Crippen molar-refractivity contribution >= 4 is 35.0 Å². The van der Waals surface area contributed by atoms with Crippen molar-refractivity contribution in [3.05, 3.63) is 64.9 Å². The predicted molar refractivity (Wildman–Crippen MR) is 106 cm³/mol. The molecule has 1 N–H and O–H groups in total. The molecule has 140 valence electrons. The fourth-order valence-electron chi connectivity index (χ4n) is 2.60. The van der Waals surface area contributed by atoms with Gasteiger partial charge >= 0.3 is 0 Å². The van der Waals surface area contributed by atoms with Crippen LogP contribution in [-0.2, 0) is 5.75 Å². The van der Waals surface area contributed by atoms with Crippen molar-refractivity contribution in [1.82, 2.24) is 9.97 Å². The van der Waals surface area contributed by atoms with E-state index in [2.05, 4.69) is 15.3 Å². The van der Waals surface area contributed by atoms with Gasteiger partial charge < -0.3 is 10.1 Å². The normalized spacial score (nSPS) is 10.7. The number of methoxy groups -OCH3 is 1. The Morgan fingerprint density at radius 2 is 1.93 bits per heavy atom. The lowest BCUT2D eigenvalue weighted by Gasteiger charge is -2.12. The molecule has 3 aromatic rings. The molecule has 8 heteroatoms. The smallest absolute Gasteiger partial charge is 0.149 e. The fraction of sp³-hybridized carbons (Fsp3) is 0.158. The molecule has 0 aliphatic heterocycles. The number of pyridine rings is 2. The Bertz CT molecular complexity index is 972. The molecule has 0 amide bonds. The van der Waals surface area contributed by atoms with Crippen LogP contribution in [0.3, 0.4) is 0 Å². The first-order valence-electron chi connectivity index (χ1n) is 7.92. The molecule has 0 fully saturated rings. The number of anilines is 2. The Hall–Kier alpha value is -2.38. The number of hydrogen-bond donors (Lipinski definition) is 1. The number of thioether (sulfide) groups is 1. The maximum atomic E-state index is 14.4. The Balaban J connectivity index is 1.97. The van der Waals surface area contributed by atoms with Crippen LogP contribution in [0.5, 0.6) is 5.75 Å². The highest BCUT2D eigenvalue weighted by atomic mass is 35.5. The van der Waals surface area contributed by atoms with Crippen molar-refractivity contribution in [3.8, 4) is 16.9 Å². The van der Waals surface area contributed by atoms with Gasteiger partial charge in [-0.2, -0.15) is 11.8 Å². The third kappa shape index (κ3) is 4.67. The minimum atomic E-state index is -0.549. The van der Waals surface area contributed by atoms with Crippen molar-refractivity contribution in [2.45, 2.75) is 5.75 Å². The molecule has 0 bridgehead atoms. The largest absolute Gasteiger partial charge is 0.496 e. The van der Waals surface area contributed by atoms with Crippen LogP contribution in [0.15, 0.2) is 42.6 Å². The molecule has 0 unspecified atom stereocenters. The first-order chi connectivity index (χ1) is 13.0. The number of hydrogen-bond acceptors (Lipinski definition) is 5. The van der Waals surface area contributed by atoms with Crippen molar-refractivity contribution in [2.75, 3.05) is 18.7 Å². The number of nitrogens with one attached hydrogen (secondary N) is 1. The van der Waals surface area contributed by atoms with E-state index in [0.29, 0.717) is 22.4 Å². The van der Waals surface area contributed by atoms with Crippen LogP contribution in [0.4, 0.5) is 20.4 Å². The summed E-state index contributed by atoms with van der Waals surface area (Å²) in [6.45, 7) is 0. The van der Waals surface area contributed by atoms with E-state index in [9.17, 15) is 8.78 Å². The Morgan fingerprint density at radius 3 is 2.67 bits per heavy atom. The van der Waals surface area contributed by atoms with E-state index >= 15 is 0 Å². The number of ether oxygens (including phenoxy) is 1. The number of rotatable bonds is 6. The minimum absolute atomic E-state index is 0.231. The summed E-state index contributed by atoms with van der Waals surface area (Å²) in [7, 11) is 1.40.